The third kappa shape index (κ3) is 4.73. The van der Waals surface area contributed by atoms with E-state index in [0.717, 1.165) is 17.1 Å². The van der Waals surface area contributed by atoms with E-state index < -0.39 is 0 Å². The lowest BCUT2D eigenvalue weighted by Crippen LogP contribution is -2.30. The van der Waals surface area contributed by atoms with Crippen LogP contribution in [0.4, 0.5) is 0 Å². The van der Waals surface area contributed by atoms with Gasteiger partial charge in [0.1, 0.15) is 17.1 Å². The summed E-state index contributed by atoms with van der Waals surface area (Å²) < 4.78 is 12.8. The number of carbonyl (C=O) groups excluding carboxylic acids is 1. The number of pyridine rings is 1. The van der Waals surface area contributed by atoms with Crippen LogP contribution in [-0.4, -0.2) is 35.1 Å². The number of aromatic nitrogens is 2. The molecule has 25 heavy (non-hydrogen) atoms. The predicted octanol–water partition coefficient (Wildman–Crippen LogP) is 2.47. The summed E-state index contributed by atoms with van der Waals surface area (Å²) in [5, 5.41) is 2.84. The van der Waals surface area contributed by atoms with Crippen molar-refractivity contribution in [3.63, 3.8) is 0 Å². The van der Waals surface area contributed by atoms with Crippen molar-refractivity contribution in [2.75, 3.05) is 19.8 Å². The first kappa shape index (κ1) is 16.8. The van der Waals surface area contributed by atoms with E-state index in [1.165, 1.54) is 0 Å². The van der Waals surface area contributed by atoms with Gasteiger partial charge in [-0.3, -0.25) is 4.79 Å². The van der Waals surface area contributed by atoms with Crippen molar-refractivity contribution in [2.24, 2.45) is 0 Å². The molecule has 2 heterocycles. The van der Waals surface area contributed by atoms with E-state index in [1.54, 1.807) is 12.1 Å². The highest BCUT2D eigenvalue weighted by molar-refractivity contribution is 5.77. The Kier molecular flexibility index (Phi) is 5.51. The highest BCUT2D eigenvalue weighted by Gasteiger charge is 2.05. The van der Waals surface area contributed by atoms with Crippen LogP contribution >= 0.6 is 0 Å². The van der Waals surface area contributed by atoms with Gasteiger partial charge < -0.3 is 19.2 Å². The van der Waals surface area contributed by atoms with Crippen LogP contribution in [0.3, 0.4) is 0 Å². The number of imidazole rings is 1. The number of nitrogens with zero attached hydrogens (tertiary/aromatic N) is 2. The van der Waals surface area contributed by atoms with Gasteiger partial charge in [0, 0.05) is 25.4 Å². The molecule has 1 aromatic carbocycles. The molecule has 0 aliphatic rings. The fraction of sp³-hybridized carbons (Fsp3) is 0.263. The molecule has 2 aromatic heterocycles. The second-order valence-corrected chi connectivity index (χ2v) is 5.49. The van der Waals surface area contributed by atoms with Gasteiger partial charge in [-0.2, -0.15) is 0 Å². The minimum atomic E-state index is -0.155. The Labute approximate surface area is 146 Å². The highest BCUT2D eigenvalue weighted by Crippen LogP contribution is 2.17. The second-order valence-electron chi connectivity index (χ2n) is 5.49. The summed E-state index contributed by atoms with van der Waals surface area (Å²) in [6.45, 7) is 3.06. The van der Waals surface area contributed by atoms with Gasteiger partial charge in [0.2, 0.25) is 0 Å². The van der Waals surface area contributed by atoms with E-state index in [-0.39, 0.29) is 12.5 Å². The number of ether oxygens (including phenoxy) is 2. The van der Waals surface area contributed by atoms with Gasteiger partial charge in [0.05, 0.1) is 12.3 Å². The van der Waals surface area contributed by atoms with Crippen LogP contribution < -0.4 is 14.8 Å². The van der Waals surface area contributed by atoms with Crippen LogP contribution in [-0.2, 0) is 11.2 Å². The Morgan fingerprint density at radius 3 is 2.60 bits per heavy atom. The molecule has 0 radical (unpaired) electrons. The van der Waals surface area contributed by atoms with Gasteiger partial charge in [-0.1, -0.05) is 6.07 Å². The number of hydrogen-bond donors (Lipinski definition) is 1. The van der Waals surface area contributed by atoms with Gasteiger partial charge in [0.15, 0.2) is 6.61 Å². The van der Waals surface area contributed by atoms with Crippen molar-refractivity contribution in [2.45, 2.75) is 13.3 Å². The Morgan fingerprint density at radius 1 is 1.12 bits per heavy atom. The Hall–Kier alpha value is -3.02. The van der Waals surface area contributed by atoms with Crippen LogP contribution in [0.15, 0.2) is 54.9 Å². The topological polar surface area (TPSA) is 64.9 Å². The van der Waals surface area contributed by atoms with E-state index >= 15 is 0 Å². The Balaban J connectivity index is 1.40. The molecule has 0 saturated heterocycles. The lowest BCUT2D eigenvalue weighted by atomic mass is 10.3. The molecule has 0 spiro atoms. The summed E-state index contributed by atoms with van der Waals surface area (Å²) in [6.07, 6.45) is 4.60. The summed E-state index contributed by atoms with van der Waals surface area (Å²) in [5.41, 5.74) is 1.85. The molecular formula is C19H21N3O3. The van der Waals surface area contributed by atoms with Crippen molar-refractivity contribution in [1.82, 2.24) is 14.7 Å². The zero-order chi connectivity index (χ0) is 17.5. The van der Waals surface area contributed by atoms with Gasteiger partial charge in [-0.25, -0.2) is 4.98 Å². The number of carbonyl (C=O) groups is 1. The SMILES string of the molecule is CCOc1ccc(OCC(=O)NCCc2cn3ccccc3n2)cc1. The first-order valence-corrected chi connectivity index (χ1v) is 8.29. The maximum atomic E-state index is 11.9. The van der Waals surface area contributed by atoms with Gasteiger partial charge >= 0.3 is 0 Å². The maximum Gasteiger partial charge on any atom is 0.257 e. The fourth-order valence-corrected chi connectivity index (χ4v) is 2.44. The largest absolute Gasteiger partial charge is 0.494 e. The third-order valence-corrected chi connectivity index (χ3v) is 3.62. The molecule has 130 valence electrons. The number of amides is 1. The number of rotatable bonds is 8. The first-order valence-electron chi connectivity index (χ1n) is 8.29. The maximum absolute atomic E-state index is 11.9. The van der Waals surface area contributed by atoms with Crippen molar-refractivity contribution >= 4 is 11.6 Å². The lowest BCUT2D eigenvalue weighted by Gasteiger charge is -2.08. The molecule has 1 amide bonds. The van der Waals surface area contributed by atoms with Gasteiger partial charge in [-0.05, 0) is 43.3 Å². The fourth-order valence-electron chi connectivity index (χ4n) is 2.44. The molecule has 3 rings (SSSR count). The second kappa shape index (κ2) is 8.19. The van der Waals surface area contributed by atoms with E-state index in [0.29, 0.717) is 25.3 Å². The third-order valence-electron chi connectivity index (χ3n) is 3.62. The van der Waals surface area contributed by atoms with Crippen LogP contribution in [0.1, 0.15) is 12.6 Å². The molecule has 0 saturated carbocycles. The summed E-state index contributed by atoms with van der Waals surface area (Å²) in [7, 11) is 0. The summed E-state index contributed by atoms with van der Waals surface area (Å²) in [4.78, 5) is 16.4. The number of hydrogen-bond acceptors (Lipinski definition) is 4. The molecule has 0 aliphatic heterocycles. The average Bonchev–Trinajstić information content (AvgIpc) is 3.04. The van der Waals surface area contributed by atoms with E-state index in [9.17, 15) is 4.79 Å². The van der Waals surface area contributed by atoms with Crippen molar-refractivity contribution < 1.29 is 14.3 Å². The first-order chi connectivity index (χ1) is 12.2. The summed E-state index contributed by atoms with van der Waals surface area (Å²) in [5.74, 6) is 1.27. The minimum Gasteiger partial charge on any atom is -0.494 e. The zero-order valence-electron chi connectivity index (χ0n) is 14.1. The van der Waals surface area contributed by atoms with Crippen molar-refractivity contribution in [3.8, 4) is 11.5 Å². The smallest absolute Gasteiger partial charge is 0.257 e. The molecular weight excluding hydrogens is 318 g/mol. The lowest BCUT2D eigenvalue weighted by molar-refractivity contribution is -0.123. The molecule has 6 nitrogen and oxygen atoms in total. The molecule has 1 N–H and O–H groups in total. The van der Waals surface area contributed by atoms with Crippen LogP contribution in [0.5, 0.6) is 11.5 Å². The van der Waals surface area contributed by atoms with Crippen LogP contribution in [0.2, 0.25) is 0 Å². The molecule has 0 fully saturated rings. The molecule has 0 aliphatic carbocycles. The number of fused-ring (bicyclic) bond motifs is 1. The van der Waals surface area contributed by atoms with E-state index in [4.69, 9.17) is 9.47 Å². The predicted molar refractivity (Wildman–Crippen MR) is 95.0 cm³/mol. The Bertz CT molecular complexity index is 794. The molecule has 0 unspecified atom stereocenters. The molecule has 6 heteroatoms. The van der Waals surface area contributed by atoms with Gasteiger partial charge in [-0.15, -0.1) is 0 Å². The normalized spacial score (nSPS) is 10.6. The summed E-state index contributed by atoms with van der Waals surface area (Å²) in [6, 6.07) is 13.1. The minimum absolute atomic E-state index is 0.0147. The molecule has 0 bridgehead atoms. The van der Waals surface area contributed by atoms with Crippen molar-refractivity contribution in [1.29, 1.82) is 0 Å². The van der Waals surface area contributed by atoms with Crippen LogP contribution in [0.25, 0.3) is 5.65 Å². The summed E-state index contributed by atoms with van der Waals surface area (Å²) >= 11 is 0. The average molecular weight is 339 g/mol. The Morgan fingerprint density at radius 2 is 1.88 bits per heavy atom. The highest BCUT2D eigenvalue weighted by atomic mass is 16.5. The quantitative estimate of drug-likeness (QED) is 0.685. The monoisotopic (exact) mass is 339 g/mol. The molecule has 3 aromatic rings. The molecule has 0 atom stereocenters. The van der Waals surface area contributed by atoms with Crippen molar-refractivity contribution in [3.05, 3.63) is 60.6 Å². The standard InChI is InChI=1S/C19H21N3O3/c1-2-24-16-6-8-17(9-7-16)25-14-19(23)20-11-10-15-13-22-12-4-3-5-18(22)21-15/h3-9,12-13H,2,10-11,14H2,1H3,(H,20,23). The number of nitrogens with one attached hydrogen (secondary N) is 1. The van der Waals surface area contributed by atoms with Crippen LogP contribution in [0, 0.1) is 0 Å². The van der Waals surface area contributed by atoms with E-state index in [2.05, 4.69) is 10.3 Å². The van der Waals surface area contributed by atoms with E-state index in [1.807, 2.05) is 54.0 Å². The van der Waals surface area contributed by atoms with Gasteiger partial charge in [0.25, 0.3) is 5.91 Å². The zero-order valence-corrected chi connectivity index (χ0v) is 14.1. The number of benzene rings is 1.